The molecular formula is C7H5F2NO3. The number of rotatable bonds is 2. The average Bonchev–Trinajstić information content (AvgIpc) is 2.09. The Balaban J connectivity index is 3.39. The summed E-state index contributed by atoms with van der Waals surface area (Å²) >= 11 is 0. The fraction of sp³-hybridized carbons (Fsp3) is 0.143. The molecular weight excluding hydrogens is 184 g/mol. The second-order valence-corrected chi connectivity index (χ2v) is 2.28. The van der Waals surface area contributed by atoms with Gasteiger partial charge in [-0.3, -0.25) is 9.59 Å². The quantitative estimate of drug-likeness (QED) is 0.677. The van der Waals surface area contributed by atoms with Crippen molar-refractivity contribution in [1.29, 1.82) is 0 Å². The van der Waals surface area contributed by atoms with Crippen LogP contribution < -0.4 is 5.56 Å². The number of halogens is 2. The van der Waals surface area contributed by atoms with Crippen molar-refractivity contribution in [3.05, 3.63) is 27.7 Å². The molecule has 0 radical (unpaired) electrons. The number of hydrogen-bond acceptors (Lipinski definition) is 3. The number of aromatic hydroxyl groups is 1. The number of carbonyl (C=O) groups is 1. The van der Waals surface area contributed by atoms with Crippen LogP contribution in [-0.2, 0) is 0 Å². The summed E-state index contributed by atoms with van der Waals surface area (Å²) in [7, 11) is 0. The smallest absolute Gasteiger partial charge is 0.291 e. The van der Waals surface area contributed by atoms with Gasteiger partial charge in [0.15, 0.2) is 12.0 Å². The molecule has 70 valence electrons. The van der Waals surface area contributed by atoms with E-state index in [-0.39, 0.29) is 6.29 Å². The van der Waals surface area contributed by atoms with Crippen LogP contribution in [-0.4, -0.2) is 16.4 Å². The van der Waals surface area contributed by atoms with Gasteiger partial charge in [-0.1, -0.05) is 0 Å². The van der Waals surface area contributed by atoms with Crippen LogP contribution in [0.25, 0.3) is 0 Å². The van der Waals surface area contributed by atoms with Crippen molar-refractivity contribution in [2.45, 2.75) is 6.43 Å². The number of H-pyrrole nitrogens is 1. The molecule has 0 aromatic carbocycles. The summed E-state index contributed by atoms with van der Waals surface area (Å²) in [5.41, 5.74) is -2.23. The third-order valence-electron chi connectivity index (χ3n) is 1.42. The third-order valence-corrected chi connectivity index (χ3v) is 1.42. The maximum atomic E-state index is 12.0. The fourth-order valence-electron chi connectivity index (χ4n) is 0.801. The van der Waals surface area contributed by atoms with E-state index in [2.05, 4.69) is 0 Å². The average molecular weight is 189 g/mol. The number of alkyl halides is 2. The fourth-order valence-corrected chi connectivity index (χ4v) is 0.801. The monoisotopic (exact) mass is 189 g/mol. The Hall–Kier alpha value is -1.72. The molecule has 0 aliphatic carbocycles. The number of carbonyl (C=O) groups excluding carboxylic acids is 1. The molecule has 1 aromatic rings. The number of aldehydes is 1. The first kappa shape index (κ1) is 9.37. The topological polar surface area (TPSA) is 70.2 Å². The number of nitrogens with one attached hydrogen (secondary N) is 1. The van der Waals surface area contributed by atoms with E-state index in [0.29, 0.717) is 0 Å². The molecule has 0 atom stereocenters. The van der Waals surface area contributed by atoms with Gasteiger partial charge >= 0.3 is 0 Å². The predicted molar refractivity (Wildman–Crippen MR) is 39.1 cm³/mol. The maximum Gasteiger partial charge on any atom is 0.291 e. The lowest BCUT2D eigenvalue weighted by Crippen LogP contribution is -2.10. The Labute approximate surface area is 70.8 Å². The molecule has 2 N–H and O–H groups in total. The van der Waals surface area contributed by atoms with Crippen LogP contribution in [0.5, 0.6) is 5.75 Å². The van der Waals surface area contributed by atoms with Crippen LogP contribution in [0.3, 0.4) is 0 Å². The van der Waals surface area contributed by atoms with Crippen LogP contribution in [0.4, 0.5) is 8.78 Å². The van der Waals surface area contributed by atoms with E-state index >= 15 is 0 Å². The lowest BCUT2D eigenvalue weighted by atomic mass is 10.2. The van der Waals surface area contributed by atoms with Gasteiger partial charge in [-0.25, -0.2) is 8.78 Å². The lowest BCUT2D eigenvalue weighted by Gasteiger charge is -2.01. The summed E-state index contributed by atoms with van der Waals surface area (Å²) in [6, 6.07) is 0.731. The Bertz CT molecular complexity index is 386. The van der Waals surface area contributed by atoms with Crippen molar-refractivity contribution in [3.8, 4) is 5.75 Å². The van der Waals surface area contributed by atoms with E-state index in [9.17, 15) is 18.4 Å². The maximum absolute atomic E-state index is 12.0. The highest BCUT2D eigenvalue weighted by atomic mass is 19.3. The zero-order valence-corrected chi connectivity index (χ0v) is 6.25. The summed E-state index contributed by atoms with van der Waals surface area (Å²) in [6.45, 7) is 0. The van der Waals surface area contributed by atoms with E-state index in [1.54, 1.807) is 4.98 Å². The molecule has 1 heterocycles. The van der Waals surface area contributed by atoms with Crippen LogP contribution in [0.1, 0.15) is 22.5 Å². The first-order valence-corrected chi connectivity index (χ1v) is 3.25. The summed E-state index contributed by atoms with van der Waals surface area (Å²) < 4.78 is 24.1. The molecule has 0 aliphatic rings. The van der Waals surface area contributed by atoms with Gasteiger partial charge < -0.3 is 10.1 Å². The Morgan fingerprint density at radius 2 is 2.15 bits per heavy atom. The normalized spacial score (nSPS) is 10.4. The molecule has 0 saturated heterocycles. The molecule has 1 rings (SSSR count). The number of hydrogen-bond donors (Lipinski definition) is 2. The van der Waals surface area contributed by atoms with E-state index in [0.717, 1.165) is 6.07 Å². The predicted octanol–water partition coefficient (Wildman–Crippen LogP) is 0.831. The zero-order chi connectivity index (χ0) is 10.0. The van der Waals surface area contributed by atoms with Gasteiger partial charge in [0.1, 0.15) is 0 Å². The molecule has 0 spiro atoms. The van der Waals surface area contributed by atoms with Gasteiger partial charge in [-0.05, 0) is 6.07 Å². The van der Waals surface area contributed by atoms with Crippen LogP contribution >= 0.6 is 0 Å². The molecule has 0 unspecified atom stereocenters. The van der Waals surface area contributed by atoms with Crippen molar-refractivity contribution in [2.75, 3.05) is 0 Å². The van der Waals surface area contributed by atoms with Gasteiger partial charge in [-0.2, -0.15) is 0 Å². The zero-order valence-electron chi connectivity index (χ0n) is 6.25. The van der Waals surface area contributed by atoms with Gasteiger partial charge in [0, 0.05) is 0 Å². The van der Waals surface area contributed by atoms with E-state index < -0.39 is 29.0 Å². The lowest BCUT2D eigenvalue weighted by molar-refractivity contribution is 0.111. The minimum Gasteiger partial charge on any atom is -0.503 e. The second-order valence-electron chi connectivity index (χ2n) is 2.28. The van der Waals surface area contributed by atoms with Gasteiger partial charge in [0.05, 0.1) is 11.3 Å². The Morgan fingerprint density at radius 3 is 2.62 bits per heavy atom. The summed E-state index contributed by atoms with van der Waals surface area (Å²) in [4.78, 5) is 22.7. The largest absolute Gasteiger partial charge is 0.503 e. The molecule has 0 amide bonds. The second kappa shape index (κ2) is 3.34. The Morgan fingerprint density at radius 1 is 1.54 bits per heavy atom. The molecule has 0 bridgehead atoms. The molecule has 1 aromatic heterocycles. The van der Waals surface area contributed by atoms with E-state index in [1.807, 2.05) is 0 Å². The molecule has 0 aliphatic heterocycles. The highest BCUT2D eigenvalue weighted by molar-refractivity contribution is 5.78. The minimum atomic E-state index is -2.88. The van der Waals surface area contributed by atoms with Crippen LogP contribution in [0.15, 0.2) is 10.9 Å². The first-order chi connectivity index (χ1) is 6.06. The highest BCUT2D eigenvalue weighted by Gasteiger charge is 2.13. The van der Waals surface area contributed by atoms with Crippen molar-refractivity contribution < 1.29 is 18.7 Å². The molecule has 13 heavy (non-hydrogen) atoms. The van der Waals surface area contributed by atoms with Gasteiger partial charge in [0.25, 0.3) is 12.0 Å². The van der Waals surface area contributed by atoms with Gasteiger partial charge in [0.2, 0.25) is 0 Å². The summed E-state index contributed by atoms with van der Waals surface area (Å²) in [5, 5.41) is 8.88. The molecule has 0 fully saturated rings. The van der Waals surface area contributed by atoms with Crippen LogP contribution in [0, 0.1) is 0 Å². The highest BCUT2D eigenvalue weighted by Crippen LogP contribution is 2.18. The standard InChI is InChI=1S/C7H5F2NO3/c8-6(9)4-1-3(2-11)5(12)7(13)10-4/h1-2,6,12H,(H,10,13). The van der Waals surface area contributed by atoms with Crippen LogP contribution in [0.2, 0.25) is 0 Å². The summed E-state index contributed by atoms with van der Waals surface area (Å²) in [5.74, 6) is -0.848. The minimum absolute atomic E-state index is 0.135. The van der Waals surface area contributed by atoms with Crippen molar-refractivity contribution in [3.63, 3.8) is 0 Å². The number of pyridine rings is 1. The molecule has 0 saturated carbocycles. The van der Waals surface area contributed by atoms with E-state index in [1.165, 1.54) is 0 Å². The van der Waals surface area contributed by atoms with Gasteiger partial charge in [-0.15, -0.1) is 0 Å². The number of aromatic nitrogens is 1. The van der Waals surface area contributed by atoms with Crippen molar-refractivity contribution in [1.82, 2.24) is 4.98 Å². The SMILES string of the molecule is O=Cc1cc(C(F)F)[nH]c(=O)c1O. The Kier molecular flexibility index (Phi) is 2.41. The van der Waals surface area contributed by atoms with E-state index in [4.69, 9.17) is 5.11 Å². The third kappa shape index (κ3) is 1.71. The summed E-state index contributed by atoms with van der Waals surface area (Å²) in [6.07, 6.45) is -2.75. The van der Waals surface area contributed by atoms with Crippen molar-refractivity contribution >= 4 is 6.29 Å². The molecule has 6 heteroatoms. The number of aromatic amines is 1. The first-order valence-electron chi connectivity index (χ1n) is 3.25. The van der Waals surface area contributed by atoms with Crippen molar-refractivity contribution in [2.24, 2.45) is 0 Å². The molecule has 4 nitrogen and oxygen atoms in total.